The van der Waals surface area contributed by atoms with Crippen LogP contribution < -0.4 is 11.0 Å². The number of amides is 1. The molecule has 2 atom stereocenters. The highest BCUT2D eigenvalue weighted by atomic mass is 16.5. The SMILES string of the molecule is CCC(C)[C@H](NC(=O)n1c(=O)n(CCN2CCOCC2)c2ccccc21)C(=O)O. The van der Waals surface area contributed by atoms with Crippen molar-refractivity contribution >= 4 is 23.0 Å². The highest BCUT2D eigenvalue weighted by Crippen LogP contribution is 2.14. The van der Waals surface area contributed by atoms with Gasteiger partial charge in [-0.05, 0) is 18.1 Å². The molecule has 1 aliphatic heterocycles. The van der Waals surface area contributed by atoms with Gasteiger partial charge in [-0.1, -0.05) is 32.4 Å². The van der Waals surface area contributed by atoms with Crippen LogP contribution in [-0.2, 0) is 16.1 Å². The molecule has 0 bridgehead atoms. The number of aliphatic carboxylic acids is 1. The molecule has 2 heterocycles. The quantitative estimate of drug-likeness (QED) is 0.718. The van der Waals surface area contributed by atoms with Gasteiger partial charge in [0.25, 0.3) is 0 Å². The van der Waals surface area contributed by atoms with E-state index in [1.165, 1.54) is 0 Å². The number of aromatic nitrogens is 2. The summed E-state index contributed by atoms with van der Waals surface area (Å²) in [7, 11) is 0. The average molecular weight is 404 g/mol. The maximum absolute atomic E-state index is 13.1. The number of carboxylic acids is 1. The lowest BCUT2D eigenvalue weighted by molar-refractivity contribution is -0.140. The fourth-order valence-corrected chi connectivity index (χ4v) is 3.57. The molecule has 1 unspecified atom stereocenters. The monoisotopic (exact) mass is 404 g/mol. The maximum Gasteiger partial charge on any atom is 0.337 e. The van der Waals surface area contributed by atoms with E-state index in [0.717, 1.165) is 17.7 Å². The second kappa shape index (κ2) is 9.23. The van der Waals surface area contributed by atoms with Gasteiger partial charge in [0, 0.05) is 26.2 Å². The molecule has 0 aliphatic carbocycles. The minimum Gasteiger partial charge on any atom is -0.480 e. The van der Waals surface area contributed by atoms with Crippen LogP contribution in [0.2, 0.25) is 0 Å². The second-order valence-electron chi connectivity index (χ2n) is 7.36. The Hall–Kier alpha value is -2.65. The molecule has 29 heavy (non-hydrogen) atoms. The molecular formula is C20H28N4O5. The molecule has 0 radical (unpaired) electrons. The number of morpholine rings is 1. The van der Waals surface area contributed by atoms with Crippen molar-refractivity contribution in [1.29, 1.82) is 0 Å². The van der Waals surface area contributed by atoms with E-state index in [1.54, 1.807) is 29.7 Å². The van der Waals surface area contributed by atoms with E-state index in [4.69, 9.17) is 4.74 Å². The van der Waals surface area contributed by atoms with Crippen molar-refractivity contribution < 1.29 is 19.4 Å². The first kappa shape index (κ1) is 21.1. The molecule has 9 nitrogen and oxygen atoms in total. The molecule has 0 spiro atoms. The fourth-order valence-electron chi connectivity index (χ4n) is 3.57. The second-order valence-corrected chi connectivity index (χ2v) is 7.36. The highest BCUT2D eigenvalue weighted by molar-refractivity contribution is 5.91. The number of carboxylic acid groups (broad SMARTS) is 1. The lowest BCUT2D eigenvalue weighted by atomic mass is 9.99. The summed E-state index contributed by atoms with van der Waals surface area (Å²) >= 11 is 0. The largest absolute Gasteiger partial charge is 0.480 e. The summed E-state index contributed by atoms with van der Waals surface area (Å²) in [5.74, 6) is -1.38. The average Bonchev–Trinajstić information content (AvgIpc) is 3.01. The van der Waals surface area contributed by atoms with Gasteiger partial charge in [0.05, 0.1) is 24.2 Å². The normalized spacial score (nSPS) is 17.2. The molecule has 9 heteroatoms. The van der Waals surface area contributed by atoms with Crippen molar-refractivity contribution in [1.82, 2.24) is 19.4 Å². The van der Waals surface area contributed by atoms with Gasteiger partial charge < -0.3 is 15.2 Å². The van der Waals surface area contributed by atoms with E-state index in [9.17, 15) is 19.5 Å². The number of benzene rings is 1. The van der Waals surface area contributed by atoms with Crippen molar-refractivity contribution in [3.05, 3.63) is 34.7 Å². The molecule has 3 rings (SSSR count). The summed E-state index contributed by atoms with van der Waals surface area (Å²) in [6.07, 6.45) is 0.591. The molecule has 158 valence electrons. The Labute approximate surface area is 168 Å². The number of imidazole rings is 1. The lowest BCUT2D eigenvalue weighted by Gasteiger charge is -2.26. The van der Waals surface area contributed by atoms with Crippen LogP contribution in [-0.4, -0.2) is 70.0 Å². The zero-order chi connectivity index (χ0) is 21.0. The number of carbonyl (C=O) groups excluding carboxylic acids is 1. The summed E-state index contributed by atoms with van der Waals surface area (Å²) in [4.78, 5) is 39.7. The van der Waals surface area contributed by atoms with E-state index < -0.39 is 23.7 Å². The van der Waals surface area contributed by atoms with E-state index in [1.807, 2.05) is 13.0 Å². The number of hydrogen-bond donors (Lipinski definition) is 2. The summed E-state index contributed by atoms with van der Waals surface area (Å²) in [5.41, 5.74) is 0.645. The highest BCUT2D eigenvalue weighted by Gasteiger charge is 2.28. The van der Waals surface area contributed by atoms with Gasteiger partial charge in [0.15, 0.2) is 0 Å². The van der Waals surface area contributed by atoms with Crippen LogP contribution in [0.3, 0.4) is 0 Å². The van der Waals surface area contributed by atoms with Crippen LogP contribution in [0.5, 0.6) is 0 Å². The summed E-state index contributed by atoms with van der Waals surface area (Å²) in [5, 5.41) is 12.0. The summed E-state index contributed by atoms with van der Waals surface area (Å²) < 4.78 is 7.96. The van der Waals surface area contributed by atoms with Crippen molar-refractivity contribution in [2.24, 2.45) is 5.92 Å². The van der Waals surface area contributed by atoms with Crippen molar-refractivity contribution in [2.45, 2.75) is 32.9 Å². The number of fused-ring (bicyclic) bond motifs is 1. The lowest BCUT2D eigenvalue weighted by Crippen LogP contribution is -2.48. The fraction of sp³-hybridized carbons (Fsp3) is 0.550. The number of carbonyl (C=O) groups is 2. The standard InChI is InChI=1S/C20H28N4O5/c1-3-14(2)17(18(25)26)21-19(27)24-16-7-5-4-6-15(16)23(20(24)28)9-8-22-10-12-29-13-11-22/h4-7,14,17H,3,8-13H2,1-2H3,(H,21,27)(H,25,26)/t14?,17-/m0/s1. The predicted molar refractivity (Wildman–Crippen MR) is 108 cm³/mol. The molecule has 1 saturated heterocycles. The van der Waals surface area contributed by atoms with Crippen LogP contribution in [0, 0.1) is 5.92 Å². The first-order chi connectivity index (χ1) is 13.9. The third kappa shape index (κ3) is 4.51. The van der Waals surface area contributed by atoms with Gasteiger partial charge in [-0.15, -0.1) is 0 Å². The van der Waals surface area contributed by atoms with E-state index in [-0.39, 0.29) is 5.92 Å². The number of rotatable bonds is 7. The molecule has 1 aromatic carbocycles. The molecule has 0 saturated carbocycles. The molecule has 1 aliphatic rings. The zero-order valence-electron chi connectivity index (χ0n) is 16.8. The summed E-state index contributed by atoms with van der Waals surface area (Å²) in [6, 6.07) is 5.28. The Morgan fingerprint density at radius 2 is 1.83 bits per heavy atom. The van der Waals surface area contributed by atoms with Gasteiger partial charge in [0.2, 0.25) is 0 Å². The molecule has 1 amide bonds. The topological polar surface area (TPSA) is 106 Å². The van der Waals surface area contributed by atoms with E-state index >= 15 is 0 Å². The summed E-state index contributed by atoms with van der Waals surface area (Å²) in [6.45, 7) is 7.68. The third-order valence-corrected chi connectivity index (χ3v) is 5.54. The Balaban J connectivity index is 1.89. The number of nitrogens with one attached hydrogen (secondary N) is 1. The van der Waals surface area contributed by atoms with Gasteiger partial charge in [0.1, 0.15) is 6.04 Å². The Morgan fingerprint density at radius 3 is 2.45 bits per heavy atom. The number of nitrogens with zero attached hydrogens (tertiary/aromatic N) is 3. The zero-order valence-corrected chi connectivity index (χ0v) is 16.8. The minimum absolute atomic E-state index is 0.262. The Kier molecular flexibility index (Phi) is 6.71. The van der Waals surface area contributed by atoms with Gasteiger partial charge in [-0.2, -0.15) is 0 Å². The molecule has 1 fully saturated rings. The molecular weight excluding hydrogens is 376 g/mol. The van der Waals surface area contributed by atoms with Crippen LogP contribution in [0.4, 0.5) is 4.79 Å². The maximum atomic E-state index is 13.1. The van der Waals surface area contributed by atoms with Gasteiger partial charge in [-0.25, -0.2) is 19.0 Å². The smallest absolute Gasteiger partial charge is 0.337 e. The van der Waals surface area contributed by atoms with Crippen molar-refractivity contribution in [3.63, 3.8) is 0 Å². The Bertz CT molecular complexity index is 929. The minimum atomic E-state index is -1.11. The van der Waals surface area contributed by atoms with Gasteiger partial charge in [-0.3, -0.25) is 9.47 Å². The van der Waals surface area contributed by atoms with E-state index in [0.29, 0.717) is 43.8 Å². The molecule has 2 aromatic rings. The van der Waals surface area contributed by atoms with Crippen molar-refractivity contribution in [3.8, 4) is 0 Å². The van der Waals surface area contributed by atoms with Crippen LogP contribution in [0.15, 0.2) is 29.1 Å². The first-order valence-electron chi connectivity index (χ1n) is 9.98. The number of para-hydroxylation sites is 2. The number of ether oxygens (including phenoxy) is 1. The van der Waals surface area contributed by atoms with Gasteiger partial charge >= 0.3 is 17.7 Å². The van der Waals surface area contributed by atoms with E-state index in [2.05, 4.69) is 10.2 Å². The Morgan fingerprint density at radius 1 is 1.17 bits per heavy atom. The number of hydrogen-bond acceptors (Lipinski definition) is 5. The molecule has 2 N–H and O–H groups in total. The molecule has 1 aromatic heterocycles. The van der Waals surface area contributed by atoms with Crippen LogP contribution in [0.25, 0.3) is 11.0 Å². The van der Waals surface area contributed by atoms with Crippen molar-refractivity contribution in [2.75, 3.05) is 32.8 Å². The first-order valence-corrected chi connectivity index (χ1v) is 9.98. The van der Waals surface area contributed by atoms with Crippen LogP contribution in [0.1, 0.15) is 20.3 Å². The van der Waals surface area contributed by atoms with Crippen LogP contribution >= 0.6 is 0 Å². The predicted octanol–water partition coefficient (Wildman–Crippen LogP) is 1.19. The third-order valence-electron chi connectivity index (χ3n) is 5.54.